The second-order valence-electron chi connectivity index (χ2n) is 6.15. The molecule has 0 aliphatic heterocycles. The molecule has 1 heteroatoms. The summed E-state index contributed by atoms with van der Waals surface area (Å²) in [5, 5.41) is 0. The second-order valence-corrected chi connectivity index (χ2v) is 6.15. The van der Waals surface area contributed by atoms with Gasteiger partial charge in [0.15, 0.2) is 0 Å². The monoisotopic (exact) mass is 296 g/mol. The van der Waals surface area contributed by atoms with E-state index in [-0.39, 0.29) is 0 Å². The van der Waals surface area contributed by atoms with Gasteiger partial charge in [-0.3, -0.25) is 0 Å². The predicted octanol–water partition coefficient (Wildman–Crippen LogP) is 6.55. The number of hydrogen-bond donors (Lipinski definition) is 0. The minimum absolute atomic E-state index is 0.750. The Morgan fingerprint density at radius 2 is 1.77 bits per heavy atom. The molecule has 0 spiro atoms. The Kier molecular flexibility index (Phi) is 6.51. The van der Waals surface area contributed by atoms with Crippen molar-refractivity contribution in [1.82, 2.24) is 0 Å². The molecule has 2 aromatic rings. The largest absolute Gasteiger partial charge is 0.457 e. The highest BCUT2D eigenvalue weighted by Crippen LogP contribution is 2.30. The van der Waals surface area contributed by atoms with Crippen LogP contribution in [0, 0.1) is 12.8 Å². The summed E-state index contributed by atoms with van der Waals surface area (Å²) in [7, 11) is 0. The highest BCUT2D eigenvalue weighted by atomic mass is 16.5. The van der Waals surface area contributed by atoms with Gasteiger partial charge in [0.2, 0.25) is 0 Å². The Bertz CT molecular complexity index is 559. The number of hydrogen-bond acceptors (Lipinski definition) is 1. The van der Waals surface area contributed by atoms with Gasteiger partial charge < -0.3 is 4.74 Å². The molecule has 2 aromatic carbocycles. The van der Waals surface area contributed by atoms with Crippen LogP contribution < -0.4 is 4.74 Å². The van der Waals surface area contributed by atoms with Gasteiger partial charge in [-0.25, -0.2) is 0 Å². The Balaban J connectivity index is 2.16. The van der Waals surface area contributed by atoms with E-state index >= 15 is 0 Å². The highest BCUT2D eigenvalue weighted by Gasteiger charge is 2.12. The standard InChI is InChI=1S/C21H28O/c1-4-6-10-18(5-2)16-19-15-17(3)13-14-21(19)22-20-11-8-7-9-12-20/h7-9,11-15,18H,4-6,10,16H2,1-3H3. The quantitative estimate of drug-likeness (QED) is 0.537. The molecule has 118 valence electrons. The van der Waals surface area contributed by atoms with E-state index in [0.717, 1.165) is 23.8 Å². The lowest BCUT2D eigenvalue weighted by molar-refractivity contribution is 0.430. The number of ether oxygens (including phenoxy) is 1. The first-order valence-corrected chi connectivity index (χ1v) is 8.55. The van der Waals surface area contributed by atoms with E-state index in [1.54, 1.807) is 0 Å². The van der Waals surface area contributed by atoms with Gasteiger partial charge in [-0.15, -0.1) is 0 Å². The zero-order valence-electron chi connectivity index (χ0n) is 14.1. The summed E-state index contributed by atoms with van der Waals surface area (Å²) in [6.07, 6.45) is 6.25. The van der Waals surface area contributed by atoms with E-state index in [9.17, 15) is 0 Å². The maximum Gasteiger partial charge on any atom is 0.130 e. The SMILES string of the molecule is CCCCC(CC)Cc1cc(C)ccc1Oc1ccccc1. The van der Waals surface area contributed by atoms with Crippen molar-refractivity contribution in [1.29, 1.82) is 0 Å². The van der Waals surface area contributed by atoms with E-state index in [4.69, 9.17) is 4.74 Å². The van der Waals surface area contributed by atoms with Crippen LogP contribution in [-0.4, -0.2) is 0 Å². The maximum absolute atomic E-state index is 6.11. The first-order chi connectivity index (χ1) is 10.7. The number of aryl methyl sites for hydroxylation is 1. The van der Waals surface area contributed by atoms with Crippen LogP contribution in [0.2, 0.25) is 0 Å². The number of rotatable bonds is 8. The van der Waals surface area contributed by atoms with Gasteiger partial charge >= 0.3 is 0 Å². The molecule has 0 aliphatic rings. The summed E-state index contributed by atoms with van der Waals surface area (Å²) < 4.78 is 6.11. The number of unbranched alkanes of at least 4 members (excludes halogenated alkanes) is 1. The van der Waals surface area contributed by atoms with Crippen molar-refractivity contribution in [2.24, 2.45) is 5.92 Å². The van der Waals surface area contributed by atoms with Gasteiger partial charge in [0.25, 0.3) is 0 Å². The van der Waals surface area contributed by atoms with Crippen molar-refractivity contribution in [2.75, 3.05) is 0 Å². The molecular formula is C21H28O. The first kappa shape index (κ1) is 16.6. The number of para-hydroxylation sites is 1. The molecule has 0 radical (unpaired) electrons. The molecule has 1 unspecified atom stereocenters. The van der Waals surface area contributed by atoms with Crippen molar-refractivity contribution in [3.8, 4) is 11.5 Å². The molecule has 0 aromatic heterocycles. The van der Waals surface area contributed by atoms with Crippen LogP contribution >= 0.6 is 0 Å². The fourth-order valence-electron chi connectivity index (χ4n) is 2.84. The zero-order valence-corrected chi connectivity index (χ0v) is 14.1. The average molecular weight is 296 g/mol. The topological polar surface area (TPSA) is 9.23 Å². The van der Waals surface area contributed by atoms with Gasteiger partial charge in [0.05, 0.1) is 0 Å². The van der Waals surface area contributed by atoms with E-state index in [1.807, 2.05) is 30.3 Å². The summed E-state index contributed by atoms with van der Waals surface area (Å²) >= 11 is 0. The minimum atomic E-state index is 0.750. The molecule has 2 rings (SSSR count). The molecule has 22 heavy (non-hydrogen) atoms. The predicted molar refractivity (Wildman–Crippen MR) is 94.7 cm³/mol. The number of benzene rings is 2. The molecule has 0 amide bonds. The molecule has 1 nitrogen and oxygen atoms in total. The smallest absolute Gasteiger partial charge is 0.130 e. The lowest BCUT2D eigenvalue weighted by atomic mass is 9.91. The fraction of sp³-hybridized carbons (Fsp3) is 0.429. The summed E-state index contributed by atoms with van der Waals surface area (Å²) in [6.45, 7) is 6.72. The maximum atomic E-state index is 6.11. The van der Waals surface area contributed by atoms with Gasteiger partial charge in [0.1, 0.15) is 11.5 Å². The van der Waals surface area contributed by atoms with Crippen molar-refractivity contribution in [3.05, 3.63) is 59.7 Å². The van der Waals surface area contributed by atoms with Crippen LogP contribution in [0.3, 0.4) is 0 Å². The second kappa shape index (κ2) is 8.63. The molecule has 0 N–H and O–H groups in total. The third-order valence-electron chi connectivity index (χ3n) is 4.24. The Morgan fingerprint density at radius 1 is 1.00 bits per heavy atom. The first-order valence-electron chi connectivity index (χ1n) is 8.55. The summed E-state index contributed by atoms with van der Waals surface area (Å²) in [6, 6.07) is 16.6. The van der Waals surface area contributed by atoms with Crippen molar-refractivity contribution in [2.45, 2.75) is 52.9 Å². The Labute approximate surface area is 135 Å². The molecular weight excluding hydrogens is 268 g/mol. The molecule has 0 fully saturated rings. The van der Waals surface area contributed by atoms with E-state index in [2.05, 4.69) is 39.0 Å². The van der Waals surface area contributed by atoms with Crippen LogP contribution in [-0.2, 0) is 6.42 Å². The lowest BCUT2D eigenvalue weighted by Gasteiger charge is -2.18. The van der Waals surface area contributed by atoms with E-state index in [0.29, 0.717) is 0 Å². The average Bonchev–Trinajstić information content (AvgIpc) is 2.54. The van der Waals surface area contributed by atoms with Gasteiger partial charge in [-0.2, -0.15) is 0 Å². The molecule has 0 heterocycles. The molecule has 0 aliphatic carbocycles. The minimum Gasteiger partial charge on any atom is -0.457 e. The fourth-order valence-corrected chi connectivity index (χ4v) is 2.84. The van der Waals surface area contributed by atoms with E-state index in [1.165, 1.54) is 36.8 Å². The zero-order chi connectivity index (χ0) is 15.8. The van der Waals surface area contributed by atoms with Crippen LogP contribution in [0.25, 0.3) is 0 Å². The Hall–Kier alpha value is -1.76. The summed E-state index contributed by atoms with van der Waals surface area (Å²) in [4.78, 5) is 0. The molecule has 1 atom stereocenters. The van der Waals surface area contributed by atoms with Crippen molar-refractivity contribution < 1.29 is 4.74 Å². The molecule has 0 saturated carbocycles. The summed E-state index contributed by atoms with van der Waals surface area (Å²) in [5.74, 6) is 2.67. The van der Waals surface area contributed by atoms with Crippen molar-refractivity contribution in [3.63, 3.8) is 0 Å². The third kappa shape index (κ3) is 4.91. The highest BCUT2D eigenvalue weighted by molar-refractivity contribution is 5.40. The lowest BCUT2D eigenvalue weighted by Crippen LogP contribution is -2.05. The van der Waals surface area contributed by atoms with Crippen LogP contribution in [0.5, 0.6) is 11.5 Å². The van der Waals surface area contributed by atoms with Gasteiger partial charge in [-0.05, 0) is 43.0 Å². The van der Waals surface area contributed by atoms with Crippen LogP contribution in [0.4, 0.5) is 0 Å². The van der Waals surface area contributed by atoms with Gasteiger partial charge in [-0.1, -0.05) is 75.4 Å². The van der Waals surface area contributed by atoms with Crippen LogP contribution in [0.1, 0.15) is 50.7 Å². The van der Waals surface area contributed by atoms with Crippen LogP contribution in [0.15, 0.2) is 48.5 Å². The molecule has 0 saturated heterocycles. The van der Waals surface area contributed by atoms with Crippen molar-refractivity contribution >= 4 is 0 Å². The molecule has 0 bridgehead atoms. The summed E-state index contributed by atoms with van der Waals surface area (Å²) in [5.41, 5.74) is 2.65. The van der Waals surface area contributed by atoms with E-state index < -0.39 is 0 Å². The normalized spacial score (nSPS) is 12.1. The van der Waals surface area contributed by atoms with Gasteiger partial charge in [0, 0.05) is 0 Å². The third-order valence-corrected chi connectivity index (χ3v) is 4.24. The Morgan fingerprint density at radius 3 is 2.45 bits per heavy atom.